The number of fused-ring (bicyclic) bond motifs is 1. The number of carbonyl (C=O) groups is 2. The normalized spacial score (nSPS) is 51.9. The lowest BCUT2D eigenvalue weighted by molar-refractivity contribution is -0.217. The molecular formula is C12H13NO3. The Morgan fingerprint density at radius 1 is 1.44 bits per heavy atom. The van der Waals surface area contributed by atoms with Crippen molar-refractivity contribution in [1.29, 1.82) is 0 Å². The largest absolute Gasteiger partial charge is 0.370 e. The van der Waals surface area contributed by atoms with Gasteiger partial charge < -0.3 is 4.74 Å². The molecule has 3 saturated heterocycles. The molecule has 84 valence electrons. The van der Waals surface area contributed by atoms with E-state index < -0.39 is 0 Å². The van der Waals surface area contributed by atoms with Crippen LogP contribution in [0.15, 0.2) is 12.7 Å². The van der Waals surface area contributed by atoms with Crippen LogP contribution < -0.4 is 0 Å². The predicted molar refractivity (Wildman–Crippen MR) is 54.2 cm³/mol. The van der Waals surface area contributed by atoms with Crippen molar-refractivity contribution < 1.29 is 14.3 Å². The van der Waals surface area contributed by atoms with Gasteiger partial charge in [-0.15, -0.1) is 6.58 Å². The van der Waals surface area contributed by atoms with Gasteiger partial charge in [-0.1, -0.05) is 6.08 Å². The van der Waals surface area contributed by atoms with Crippen molar-refractivity contribution >= 4 is 11.8 Å². The van der Waals surface area contributed by atoms with Crippen molar-refractivity contribution in [1.82, 2.24) is 4.90 Å². The van der Waals surface area contributed by atoms with Crippen molar-refractivity contribution in [3.05, 3.63) is 12.7 Å². The van der Waals surface area contributed by atoms with Gasteiger partial charge in [0.2, 0.25) is 11.8 Å². The number of likely N-dealkylation sites (tertiary alicyclic amines) is 1. The molecule has 1 spiro atoms. The number of hydrogen-bond acceptors (Lipinski definition) is 3. The second kappa shape index (κ2) is 2.40. The third-order valence-electron chi connectivity index (χ3n) is 4.77. The Hall–Kier alpha value is -1.16. The molecular weight excluding hydrogens is 206 g/mol. The topological polar surface area (TPSA) is 46.6 Å². The van der Waals surface area contributed by atoms with E-state index >= 15 is 0 Å². The fourth-order valence-electron chi connectivity index (χ4n) is 4.26. The summed E-state index contributed by atoms with van der Waals surface area (Å²) in [6.07, 6.45) is 3.77. The Labute approximate surface area is 93.2 Å². The molecule has 5 aliphatic rings. The van der Waals surface area contributed by atoms with Gasteiger partial charge in [-0.2, -0.15) is 0 Å². The van der Waals surface area contributed by atoms with Crippen LogP contribution in [0.3, 0.4) is 0 Å². The minimum absolute atomic E-state index is 0.00905. The maximum absolute atomic E-state index is 12.2. The molecule has 2 amide bonds. The van der Waals surface area contributed by atoms with Crippen LogP contribution in [0, 0.1) is 17.8 Å². The number of carbonyl (C=O) groups excluding carboxylic acids is 2. The van der Waals surface area contributed by atoms with Crippen molar-refractivity contribution in [2.75, 3.05) is 6.54 Å². The number of rotatable bonds is 2. The molecule has 5 atom stereocenters. The van der Waals surface area contributed by atoms with E-state index in [1.165, 1.54) is 4.90 Å². The molecule has 2 aliphatic carbocycles. The average molecular weight is 219 g/mol. The summed E-state index contributed by atoms with van der Waals surface area (Å²) in [5.74, 6) is 0.0106. The van der Waals surface area contributed by atoms with Gasteiger partial charge >= 0.3 is 0 Å². The van der Waals surface area contributed by atoms with E-state index in [4.69, 9.17) is 4.74 Å². The lowest BCUT2D eigenvalue weighted by atomic mass is 9.73. The summed E-state index contributed by atoms with van der Waals surface area (Å²) in [6.45, 7) is 3.94. The predicted octanol–water partition coefficient (Wildman–Crippen LogP) is 0.335. The van der Waals surface area contributed by atoms with E-state index in [0.29, 0.717) is 12.5 Å². The van der Waals surface area contributed by atoms with Crippen LogP contribution in [0.5, 0.6) is 0 Å². The summed E-state index contributed by atoms with van der Waals surface area (Å²) in [5.41, 5.74) is -0.261. The molecule has 0 N–H and O–H groups in total. The molecule has 3 aliphatic heterocycles. The minimum atomic E-state index is -0.261. The molecule has 16 heavy (non-hydrogen) atoms. The smallest absolute Gasteiger partial charge is 0.236 e. The zero-order valence-corrected chi connectivity index (χ0v) is 8.89. The summed E-state index contributed by atoms with van der Waals surface area (Å²) < 4.78 is 5.77. The second-order valence-corrected chi connectivity index (χ2v) is 5.37. The Bertz CT molecular complexity index is 424. The van der Waals surface area contributed by atoms with Gasteiger partial charge in [0.25, 0.3) is 0 Å². The zero-order chi connectivity index (χ0) is 11.1. The van der Waals surface area contributed by atoms with E-state index in [1.807, 2.05) is 0 Å². The summed E-state index contributed by atoms with van der Waals surface area (Å²) >= 11 is 0. The van der Waals surface area contributed by atoms with Gasteiger partial charge in [0, 0.05) is 18.9 Å². The second-order valence-electron chi connectivity index (χ2n) is 5.37. The van der Waals surface area contributed by atoms with E-state index in [-0.39, 0.29) is 35.4 Å². The Morgan fingerprint density at radius 3 is 2.81 bits per heavy atom. The third kappa shape index (κ3) is 0.696. The maximum atomic E-state index is 12.2. The highest BCUT2D eigenvalue weighted by atomic mass is 16.5. The van der Waals surface area contributed by atoms with E-state index in [2.05, 4.69) is 6.58 Å². The molecule has 0 aromatic carbocycles. The standard InChI is InChI=1S/C12H13NO3/c1-2-3-13-10(14)8-6-4-12(5-7(6)16-12)9(8)11(13)15/h2,6-9H,1,3-5H2/t6?,7?,8?,9?,12-/m0/s1. The Kier molecular flexibility index (Phi) is 1.34. The molecule has 3 bridgehead atoms. The summed E-state index contributed by atoms with van der Waals surface area (Å²) in [7, 11) is 0. The molecule has 0 aromatic heterocycles. The van der Waals surface area contributed by atoms with Crippen molar-refractivity contribution in [3.63, 3.8) is 0 Å². The van der Waals surface area contributed by atoms with Crippen LogP contribution in [-0.2, 0) is 14.3 Å². The van der Waals surface area contributed by atoms with Gasteiger partial charge in [-0.05, 0) is 6.42 Å². The average Bonchev–Trinajstić information content (AvgIpc) is 2.89. The lowest BCUT2D eigenvalue weighted by Crippen LogP contribution is -2.56. The fraction of sp³-hybridized carbons (Fsp3) is 0.667. The first kappa shape index (κ1) is 8.93. The molecule has 3 heterocycles. The molecule has 4 unspecified atom stereocenters. The van der Waals surface area contributed by atoms with Crippen LogP contribution in [0.25, 0.3) is 0 Å². The van der Waals surface area contributed by atoms with Gasteiger partial charge in [0.05, 0.1) is 23.5 Å². The molecule has 0 radical (unpaired) electrons. The maximum Gasteiger partial charge on any atom is 0.236 e. The van der Waals surface area contributed by atoms with E-state index in [0.717, 1.165) is 12.8 Å². The number of imide groups is 1. The monoisotopic (exact) mass is 219 g/mol. The number of nitrogens with zero attached hydrogens (tertiary/aromatic N) is 1. The SMILES string of the molecule is C=CCN1C(=O)C2C3C[C@]4(CC3O4)C2C1=O. The summed E-state index contributed by atoms with van der Waals surface area (Å²) in [4.78, 5) is 25.7. The minimum Gasteiger partial charge on any atom is -0.370 e. The van der Waals surface area contributed by atoms with Crippen LogP contribution in [-0.4, -0.2) is 35.0 Å². The number of ether oxygens (including phenoxy) is 1. The molecule has 0 aromatic rings. The van der Waals surface area contributed by atoms with Crippen molar-refractivity contribution in [2.24, 2.45) is 17.8 Å². The van der Waals surface area contributed by atoms with Crippen molar-refractivity contribution in [2.45, 2.75) is 24.5 Å². The highest BCUT2D eigenvalue weighted by molar-refractivity contribution is 6.07. The first-order valence-electron chi connectivity index (χ1n) is 5.82. The Morgan fingerprint density at radius 2 is 2.19 bits per heavy atom. The summed E-state index contributed by atoms with van der Waals surface area (Å²) in [5, 5.41) is 0. The third-order valence-corrected chi connectivity index (χ3v) is 4.77. The molecule has 4 heteroatoms. The molecule has 2 saturated carbocycles. The zero-order valence-electron chi connectivity index (χ0n) is 8.89. The Balaban J connectivity index is 1.76. The van der Waals surface area contributed by atoms with Crippen LogP contribution in [0.4, 0.5) is 0 Å². The lowest BCUT2D eigenvalue weighted by Gasteiger charge is -2.47. The molecule has 4 nitrogen and oxygen atoms in total. The highest BCUT2D eigenvalue weighted by Crippen LogP contribution is 2.68. The van der Waals surface area contributed by atoms with Crippen LogP contribution in [0.1, 0.15) is 12.8 Å². The van der Waals surface area contributed by atoms with E-state index in [1.54, 1.807) is 6.08 Å². The molecule has 5 fully saturated rings. The van der Waals surface area contributed by atoms with E-state index in [9.17, 15) is 9.59 Å². The van der Waals surface area contributed by atoms with Crippen LogP contribution >= 0.6 is 0 Å². The quantitative estimate of drug-likeness (QED) is 0.497. The van der Waals surface area contributed by atoms with Gasteiger partial charge in [0.1, 0.15) is 0 Å². The summed E-state index contributed by atoms with van der Waals surface area (Å²) in [6, 6.07) is 0. The molecule has 5 rings (SSSR count). The fourth-order valence-corrected chi connectivity index (χ4v) is 4.26. The highest BCUT2D eigenvalue weighted by Gasteiger charge is 2.77. The van der Waals surface area contributed by atoms with Crippen LogP contribution in [0.2, 0.25) is 0 Å². The van der Waals surface area contributed by atoms with Crippen molar-refractivity contribution in [3.8, 4) is 0 Å². The first-order valence-corrected chi connectivity index (χ1v) is 5.82. The van der Waals surface area contributed by atoms with Gasteiger partial charge in [0.15, 0.2) is 0 Å². The number of amides is 2. The first-order chi connectivity index (χ1) is 7.68. The van der Waals surface area contributed by atoms with Gasteiger partial charge in [-0.25, -0.2) is 0 Å². The van der Waals surface area contributed by atoms with Gasteiger partial charge in [-0.3, -0.25) is 14.5 Å². The number of hydrogen-bond donors (Lipinski definition) is 0.